The molecule has 0 saturated carbocycles. The van der Waals surface area contributed by atoms with Gasteiger partial charge in [-0.2, -0.15) is 0 Å². The Kier molecular flexibility index (Phi) is 7.66. The molecule has 1 aromatic carbocycles. The summed E-state index contributed by atoms with van der Waals surface area (Å²) in [5.41, 5.74) is 6.25. The van der Waals surface area contributed by atoms with Crippen molar-refractivity contribution in [2.75, 3.05) is 26.9 Å². The number of hydrogen-bond donors (Lipinski definition) is 2. The Morgan fingerprint density at radius 2 is 2.05 bits per heavy atom. The summed E-state index contributed by atoms with van der Waals surface area (Å²) in [7, 11) is -2.00. The van der Waals surface area contributed by atoms with Crippen LogP contribution in [0.3, 0.4) is 0 Å². The number of rotatable bonds is 10. The van der Waals surface area contributed by atoms with E-state index in [4.69, 9.17) is 15.2 Å². The third kappa shape index (κ3) is 5.62. The minimum Gasteiger partial charge on any atom is -0.496 e. The van der Waals surface area contributed by atoms with Crippen LogP contribution < -0.4 is 15.2 Å². The maximum absolute atomic E-state index is 12.2. The van der Waals surface area contributed by atoms with Crippen molar-refractivity contribution in [1.29, 1.82) is 0 Å². The molecule has 0 atom stereocenters. The maximum atomic E-state index is 12.2. The number of benzene rings is 1. The number of hydrogen-bond acceptors (Lipinski definition) is 5. The SMILES string of the molecule is CCCOCCCNS(=O)(=O)c1ccc(OC)c(CN)c1. The molecule has 0 aromatic heterocycles. The second-order valence-corrected chi connectivity index (χ2v) is 6.31. The molecule has 0 aliphatic rings. The predicted molar refractivity (Wildman–Crippen MR) is 81.8 cm³/mol. The number of nitrogens with one attached hydrogen (secondary N) is 1. The lowest BCUT2D eigenvalue weighted by Crippen LogP contribution is -2.25. The molecule has 6 nitrogen and oxygen atoms in total. The molecule has 3 N–H and O–H groups in total. The third-order valence-electron chi connectivity index (χ3n) is 2.89. The minimum atomic E-state index is -3.53. The Bertz CT molecular complexity index is 532. The summed E-state index contributed by atoms with van der Waals surface area (Å²) < 4.78 is 37.3. The summed E-state index contributed by atoms with van der Waals surface area (Å²) in [5.74, 6) is 0.587. The van der Waals surface area contributed by atoms with Crippen LogP contribution >= 0.6 is 0 Å². The highest BCUT2D eigenvalue weighted by molar-refractivity contribution is 7.89. The first-order valence-electron chi connectivity index (χ1n) is 6.99. The van der Waals surface area contributed by atoms with Crippen molar-refractivity contribution >= 4 is 10.0 Å². The molecule has 7 heteroatoms. The van der Waals surface area contributed by atoms with Crippen LogP contribution in [0.5, 0.6) is 5.75 Å². The number of nitrogens with two attached hydrogens (primary N) is 1. The van der Waals surface area contributed by atoms with Gasteiger partial charge < -0.3 is 15.2 Å². The molecule has 0 unspecified atom stereocenters. The van der Waals surface area contributed by atoms with Crippen molar-refractivity contribution in [1.82, 2.24) is 4.72 Å². The molecule has 0 spiro atoms. The van der Waals surface area contributed by atoms with Crippen LogP contribution in [0.15, 0.2) is 23.1 Å². The Balaban J connectivity index is 2.62. The van der Waals surface area contributed by atoms with Crippen LogP contribution in [0.25, 0.3) is 0 Å². The molecule has 21 heavy (non-hydrogen) atoms. The quantitative estimate of drug-likeness (QED) is 0.634. The predicted octanol–water partition coefficient (Wildman–Crippen LogP) is 1.25. The van der Waals surface area contributed by atoms with E-state index in [-0.39, 0.29) is 11.4 Å². The summed E-state index contributed by atoms with van der Waals surface area (Å²) in [6.45, 7) is 3.84. The zero-order valence-electron chi connectivity index (χ0n) is 12.6. The van der Waals surface area contributed by atoms with Gasteiger partial charge in [0.15, 0.2) is 0 Å². The zero-order valence-corrected chi connectivity index (χ0v) is 13.4. The molecule has 1 aromatic rings. The average molecular weight is 316 g/mol. The van der Waals surface area contributed by atoms with E-state index in [0.29, 0.717) is 37.5 Å². The number of methoxy groups -OCH3 is 1. The van der Waals surface area contributed by atoms with Crippen molar-refractivity contribution in [3.8, 4) is 5.75 Å². The number of sulfonamides is 1. The normalized spacial score (nSPS) is 11.6. The summed E-state index contributed by atoms with van der Waals surface area (Å²) in [6.07, 6.45) is 1.60. The van der Waals surface area contributed by atoms with Crippen molar-refractivity contribution in [3.63, 3.8) is 0 Å². The maximum Gasteiger partial charge on any atom is 0.240 e. The van der Waals surface area contributed by atoms with Crippen LogP contribution in [0.4, 0.5) is 0 Å². The fourth-order valence-electron chi connectivity index (χ4n) is 1.79. The van der Waals surface area contributed by atoms with Crippen molar-refractivity contribution in [3.05, 3.63) is 23.8 Å². The lowest BCUT2D eigenvalue weighted by molar-refractivity contribution is 0.133. The molecular weight excluding hydrogens is 292 g/mol. The fourth-order valence-corrected chi connectivity index (χ4v) is 2.92. The van der Waals surface area contributed by atoms with Crippen LogP contribution in [-0.2, 0) is 21.3 Å². The first-order chi connectivity index (χ1) is 10.0. The Hall–Kier alpha value is -1.15. The summed E-state index contributed by atoms with van der Waals surface area (Å²) in [5, 5.41) is 0. The zero-order chi connectivity index (χ0) is 15.7. The van der Waals surface area contributed by atoms with Gasteiger partial charge in [0.1, 0.15) is 5.75 Å². The molecule has 0 aliphatic heterocycles. The van der Waals surface area contributed by atoms with Crippen LogP contribution in [0.2, 0.25) is 0 Å². The van der Waals surface area contributed by atoms with Crippen molar-refractivity contribution in [2.24, 2.45) is 5.73 Å². The smallest absolute Gasteiger partial charge is 0.240 e. The second-order valence-electron chi connectivity index (χ2n) is 4.54. The van der Waals surface area contributed by atoms with Crippen LogP contribution in [0.1, 0.15) is 25.3 Å². The van der Waals surface area contributed by atoms with Crippen LogP contribution in [0, 0.1) is 0 Å². The van der Waals surface area contributed by atoms with E-state index in [1.54, 1.807) is 6.07 Å². The van der Waals surface area contributed by atoms with Gasteiger partial charge in [0.05, 0.1) is 12.0 Å². The highest BCUT2D eigenvalue weighted by Gasteiger charge is 2.15. The van der Waals surface area contributed by atoms with E-state index in [9.17, 15) is 8.42 Å². The largest absolute Gasteiger partial charge is 0.496 e. The molecule has 120 valence electrons. The highest BCUT2D eigenvalue weighted by Crippen LogP contribution is 2.21. The average Bonchev–Trinajstić information content (AvgIpc) is 2.49. The monoisotopic (exact) mass is 316 g/mol. The first kappa shape index (κ1) is 17.9. The standard InChI is InChI=1S/C14H24N2O4S/c1-3-8-20-9-4-7-16-21(17,18)13-5-6-14(19-2)12(10-13)11-15/h5-6,10,16H,3-4,7-9,11,15H2,1-2H3. The van der Waals surface area contributed by atoms with E-state index < -0.39 is 10.0 Å². The highest BCUT2D eigenvalue weighted by atomic mass is 32.2. The van der Waals surface area contributed by atoms with E-state index in [0.717, 1.165) is 6.42 Å². The molecular formula is C14H24N2O4S. The van der Waals surface area contributed by atoms with E-state index >= 15 is 0 Å². The van der Waals surface area contributed by atoms with Crippen molar-refractivity contribution in [2.45, 2.75) is 31.2 Å². The minimum absolute atomic E-state index is 0.193. The van der Waals surface area contributed by atoms with Gasteiger partial charge in [-0.05, 0) is 31.0 Å². The van der Waals surface area contributed by atoms with Gasteiger partial charge in [-0.1, -0.05) is 6.92 Å². The Morgan fingerprint density at radius 3 is 2.67 bits per heavy atom. The second kappa shape index (κ2) is 8.99. The van der Waals surface area contributed by atoms with Gasteiger partial charge in [-0.25, -0.2) is 13.1 Å². The summed E-state index contributed by atoms with van der Waals surface area (Å²) in [6, 6.07) is 4.66. The summed E-state index contributed by atoms with van der Waals surface area (Å²) >= 11 is 0. The first-order valence-corrected chi connectivity index (χ1v) is 8.47. The van der Waals surface area contributed by atoms with Gasteiger partial charge in [-0.3, -0.25) is 0 Å². The molecule has 0 amide bonds. The molecule has 0 fully saturated rings. The molecule has 0 bridgehead atoms. The van der Waals surface area contributed by atoms with E-state index in [1.165, 1.54) is 19.2 Å². The fraction of sp³-hybridized carbons (Fsp3) is 0.571. The lowest BCUT2D eigenvalue weighted by atomic mass is 10.2. The third-order valence-corrected chi connectivity index (χ3v) is 4.35. The topological polar surface area (TPSA) is 90.6 Å². The number of ether oxygens (including phenoxy) is 2. The molecule has 0 radical (unpaired) electrons. The van der Waals surface area contributed by atoms with Crippen LogP contribution in [-0.4, -0.2) is 35.3 Å². The molecule has 0 aliphatic carbocycles. The van der Waals surface area contributed by atoms with Gasteiger partial charge in [-0.15, -0.1) is 0 Å². The molecule has 0 heterocycles. The lowest BCUT2D eigenvalue weighted by Gasteiger charge is -2.11. The van der Waals surface area contributed by atoms with E-state index in [2.05, 4.69) is 4.72 Å². The van der Waals surface area contributed by atoms with E-state index in [1.807, 2.05) is 6.92 Å². The van der Waals surface area contributed by atoms with Gasteiger partial charge >= 0.3 is 0 Å². The molecule has 1 rings (SSSR count). The molecule has 0 saturated heterocycles. The van der Waals surface area contributed by atoms with Gasteiger partial charge in [0, 0.05) is 31.9 Å². The summed E-state index contributed by atoms with van der Waals surface area (Å²) in [4.78, 5) is 0.193. The Labute approximate surface area is 126 Å². The Morgan fingerprint density at radius 1 is 1.29 bits per heavy atom. The van der Waals surface area contributed by atoms with Crippen molar-refractivity contribution < 1.29 is 17.9 Å². The van der Waals surface area contributed by atoms with Gasteiger partial charge in [0.25, 0.3) is 0 Å². The van der Waals surface area contributed by atoms with Gasteiger partial charge in [0.2, 0.25) is 10.0 Å².